The van der Waals surface area contributed by atoms with Gasteiger partial charge in [-0.2, -0.15) is 0 Å². The molecule has 7 nitrogen and oxygen atoms in total. The molecule has 0 unspecified atom stereocenters. The quantitative estimate of drug-likeness (QED) is 0.696. The summed E-state index contributed by atoms with van der Waals surface area (Å²) in [5.41, 5.74) is 0.0550. The number of nitrogens with one attached hydrogen (secondary N) is 2. The van der Waals surface area contributed by atoms with Crippen LogP contribution in [-0.2, 0) is 4.79 Å². The van der Waals surface area contributed by atoms with E-state index in [0.29, 0.717) is 51.6 Å². The number of hydrogen-bond acceptors (Lipinski definition) is 3. The number of carbonyl (C=O) groups excluding carboxylic acids is 3. The van der Waals surface area contributed by atoms with Crippen molar-refractivity contribution < 1.29 is 18.8 Å². The zero-order valence-electron chi connectivity index (χ0n) is 17.4. The van der Waals surface area contributed by atoms with Gasteiger partial charge in [-0.25, -0.2) is 9.18 Å². The summed E-state index contributed by atoms with van der Waals surface area (Å²) in [6, 6.07) is 5.71. The number of carbonyl (C=O) groups is 3. The molecule has 0 atom stereocenters. The van der Waals surface area contributed by atoms with E-state index >= 15 is 0 Å². The van der Waals surface area contributed by atoms with E-state index in [1.165, 1.54) is 31.4 Å². The minimum absolute atomic E-state index is 0.0522. The zero-order valence-corrected chi connectivity index (χ0v) is 17.4. The molecule has 1 aliphatic carbocycles. The van der Waals surface area contributed by atoms with Crippen LogP contribution in [0.1, 0.15) is 48.9 Å². The zero-order chi connectivity index (χ0) is 21.3. The van der Waals surface area contributed by atoms with Gasteiger partial charge in [-0.3, -0.25) is 9.59 Å². The van der Waals surface area contributed by atoms with E-state index in [0.717, 1.165) is 12.8 Å². The van der Waals surface area contributed by atoms with Gasteiger partial charge in [0.1, 0.15) is 5.82 Å². The highest BCUT2D eigenvalue weighted by atomic mass is 19.1. The smallest absolute Gasteiger partial charge is 0.317 e. The lowest BCUT2D eigenvalue weighted by molar-refractivity contribution is -0.122. The van der Waals surface area contributed by atoms with Crippen LogP contribution in [0.25, 0.3) is 0 Å². The summed E-state index contributed by atoms with van der Waals surface area (Å²) in [7, 11) is 0. The van der Waals surface area contributed by atoms with Crippen molar-refractivity contribution in [3.05, 3.63) is 35.6 Å². The van der Waals surface area contributed by atoms with Crippen LogP contribution in [0.3, 0.4) is 0 Å². The van der Waals surface area contributed by atoms with Crippen LogP contribution in [0.5, 0.6) is 0 Å². The summed E-state index contributed by atoms with van der Waals surface area (Å²) in [5.74, 6) is -0.338. The summed E-state index contributed by atoms with van der Waals surface area (Å²) < 4.78 is 13.8. The van der Waals surface area contributed by atoms with Gasteiger partial charge in [0.2, 0.25) is 5.91 Å². The normalized spacial score (nSPS) is 17.5. The van der Waals surface area contributed by atoms with Crippen molar-refractivity contribution in [3.63, 3.8) is 0 Å². The highest BCUT2D eigenvalue weighted by molar-refractivity contribution is 5.94. The van der Waals surface area contributed by atoms with Gasteiger partial charge in [0, 0.05) is 45.7 Å². The van der Waals surface area contributed by atoms with Crippen molar-refractivity contribution in [2.45, 2.75) is 38.5 Å². The molecule has 30 heavy (non-hydrogen) atoms. The van der Waals surface area contributed by atoms with Crippen LogP contribution in [0.4, 0.5) is 9.18 Å². The molecular weight excluding hydrogens is 387 g/mol. The van der Waals surface area contributed by atoms with E-state index in [2.05, 4.69) is 10.6 Å². The van der Waals surface area contributed by atoms with Crippen molar-refractivity contribution in [2.24, 2.45) is 5.92 Å². The maximum absolute atomic E-state index is 13.8. The minimum Gasteiger partial charge on any atom is -0.354 e. The number of amides is 4. The van der Waals surface area contributed by atoms with Crippen molar-refractivity contribution in [2.75, 3.05) is 39.3 Å². The van der Waals surface area contributed by atoms with Gasteiger partial charge >= 0.3 is 6.03 Å². The number of piperazine rings is 1. The molecular formula is C22H31FN4O3. The Bertz CT molecular complexity index is 744. The molecule has 1 saturated heterocycles. The summed E-state index contributed by atoms with van der Waals surface area (Å²) in [6.45, 7) is 2.27. The second-order valence-corrected chi connectivity index (χ2v) is 8.05. The van der Waals surface area contributed by atoms with Crippen LogP contribution in [0.2, 0.25) is 0 Å². The predicted octanol–water partition coefficient (Wildman–Crippen LogP) is 2.38. The molecule has 1 heterocycles. The molecule has 0 aromatic heterocycles. The number of rotatable bonds is 6. The molecule has 4 amide bonds. The molecule has 2 aliphatic rings. The Morgan fingerprint density at radius 2 is 1.53 bits per heavy atom. The van der Waals surface area contributed by atoms with E-state index < -0.39 is 5.82 Å². The van der Waals surface area contributed by atoms with E-state index in [4.69, 9.17) is 0 Å². The first-order chi connectivity index (χ1) is 14.5. The van der Waals surface area contributed by atoms with Crippen molar-refractivity contribution >= 4 is 17.8 Å². The number of nitrogens with zero attached hydrogens (tertiary/aromatic N) is 2. The molecule has 164 valence electrons. The number of benzene rings is 1. The lowest BCUT2D eigenvalue weighted by Crippen LogP contribution is -2.53. The number of halogens is 1. The third-order valence-electron chi connectivity index (χ3n) is 5.88. The first-order valence-electron chi connectivity index (χ1n) is 10.9. The van der Waals surface area contributed by atoms with Gasteiger partial charge < -0.3 is 20.4 Å². The molecule has 1 aromatic carbocycles. The van der Waals surface area contributed by atoms with Gasteiger partial charge in [-0.05, 0) is 30.9 Å². The fourth-order valence-electron chi connectivity index (χ4n) is 4.13. The monoisotopic (exact) mass is 418 g/mol. The Morgan fingerprint density at radius 3 is 2.23 bits per heavy atom. The molecule has 0 spiro atoms. The van der Waals surface area contributed by atoms with Crippen molar-refractivity contribution in [1.82, 2.24) is 20.4 Å². The average Bonchev–Trinajstić information content (AvgIpc) is 2.77. The van der Waals surface area contributed by atoms with Gasteiger partial charge in [-0.1, -0.05) is 31.4 Å². The molecule has 0 radical (unpaired) electrons. The molecule has 8 heteroatoms. The standard InChI is InChI=1S/C22H31FN4O3/c23-19-9-5-4-8-18(19)21(29)26-12-14-27(15-13-26)22(30)25-11-10-24-20(28)16-17-6-2-1-3-7-17/h4-5,8-9,17H,1-3,6-7,10-16H2,(H,24,28)(H,25,30). The van der Waals surface area contributed by atoms with Crippen LogP contribution < -0.4 is 10.6 Å². The topological polar surface area (TPSA) is 81.8 Å². The first-order valence-corrected chi connectivity index (χ1v) is 10.9. The van der Waals surface area contributed by atoms with Crippen LogP contribution in [0, 0.1) is 11.7 Å². The Balaban J connectivity index is 1.32. The van der Waals surface area contributed by atoms with E-state index in [1.54, 1.807) is 21.9 Å². The SMILES string of the molecule is O=C(CC1CCCCC1)NCCNC(=O)N1CCN(C(=O)c2ccccc2F)CC1. The highest BCUT2D eigenvalue weighted by Gasteiger charge is 2.26. The number of urea groups is 1. The Labute approximate surface area is 177 Å². The van der Waals surface area contributed by atoms with E-state index in [9.17, 15) is 18.8 Å². The lowest BCUT2D eigenvalue weighted by atomic mass is 9.87. The summed E-state index contributed by atoms with van der Waals surface area (Å²) in [4.78, 5) is 39.9. The predicted molar refractivity (Wildman–Crippen MR) is 111 cm³/mol. The Kier molecular flexibility index (Phi) is 8.04. The van der Waals surface area contributed by atoms with Crippen LogP contribution in [0.15, 0.2) is 24.3 Å². The van der Waals surface area contributed by atoms with Crippen LogP contribution in [-0.4, -0.2) is 66.9 Å². The van der Waals surface area contributed by atoms with Gasteiger partial charge in [0.15, 0.2) is 0 Å². The summed E-state index contributed by atoms with van der Waals surface area (Å²) in [5, 5.41) is 5.68. The largest absolute Gasteiger partial charge is 0.354 e. The Hall–Kier alpha value is -2.64. The van der Waals surface area contributed by atoms with Crippen molar-refractivity contribution in [1.29, 1.82) is 0 Å². The lowest BCUT2D eigenvalue weighted by Gasteiger charge is -2.34. The van der Waals surface area contributed by atoms with Gasteiger partial charge in [0.05, 0.1) is 5.56 Å². The van der Waals surface area contributed by atoms with E-state index in [1.807, 2.05) is 0 Å². The highest BCUT2D eigenvalue weighted by Crippen LogP contribution is 2.25. The molecule has 1 saturated carbocycles. The third-order valence-corrected chi connectivity index (χ3v) is 5.88. The Morgan fingerprint density at radius 1 is 0.900 bits per heavy atom. The molecule has 2 N–H and O–H groups in total. The fraction of sp³-hybridized carbons (Fsp3) is 0.591. The molecule has 0 bridgehead atoms. The molecule has 1 aromatic rings. The maximum Gasteiger partial charge on any atom is 0.317 e. The molecule has 3 rings (SSSR count). The molecule has 1 aliphatic heterocycles. The minimum atomic E-state index is -0.534. The first kappa shape index (κ1) is 22.1. The fourth-order valence-corrected chi connectivity index (χ4v) is 4.13. The van der Waals surface area contributed by atoms with Gasteiger partial charge in [0.25, 0.3) is 5.91 Å². The van der Waals surface area contributed by atoms with Gasteiger partial charge in [-0.15, -0.1) is 0 Å². The maximum atomic E-state index is 13.8. The van der Waals surface area contributed by atoms with E-state index in [-0.39, 0.29) is 23.4 Å². The summed E-state index contributed by atoms with van der Waals surface area (Å²) in [6.07, 6.45) is 6.55. The second kappa shape index (κ2) is 10.9. The second-order valence-electron chi connectivity index (χ2n) is 8.05. The van der Waals surface area contributed by atoms with Crippen LogP contribution >= 0.6 is 0 Å². The molecule has 2 fully saturated rings. The third kappa shape index (κ3) is 6.18. The average molecular weight is 419 g/mol. The summed E-state index contributed by atoms with van der Waals surface area (Å²) >= 11 is 0. The number of hydrogen-bond donors (Lipinski definition) is 2. The van der Waals surface area contributed by atoms with Crippen molar-refractivity contribution in [3.8, 4) is 0 Å².